The number of nitrogens with zero attached hydrogens (tertiary/aromatic N) is 1. The monoisotopic (exact) mass is 240 g/mol. The summed E-state index contributed by atoms with van der Waals surface area (Å²) in [7, 11) is 0. The van der Waals surface area contributed by atoms with E-state index >= 15 is 0 Å². The van der Waals surface area contributed by atoms with Crippen LogP contribution in [0.3, 0.4) is 0 Å². The van der Waals surface area contributed by atoms with Crippen molar-refractivity contribution in [1.29, 1.82) is 0 Å². The van der Waals surface area contributed by atoms with Gasteiger partial charge in [0.1, 0.15) is 5.15 Å². The molecule has 0 fully saturated rings. The Hall–Kier alpha value is -1.09. The summed E-state index contributed by atoms with van der Waals surface area (Å²) >= 11 is 5.84. The van der Waals surface area contributed by atoms with Crippen LogP contribution in [0, 0.1) is 5.41 Å². The second-order valence-electron chi connectivity index (χ2n) is 4.90. The molecule has 0 aliphatic carbocycles. The Bertz CT molecular complexity index is 385. The fraction of sp³-hybridized carbons (Fsp3) is 0.500. The van der Waals surface area contributed by atoms with Crippen molar-refractivity contribution in [2.45, 2.75) is 33.7 Å². The number of rotatable bonds is 2. The Morgan fingerprint density at radius 2 is 2.12 bits per heavy atom. The van der Waals surface area contributed by atoms with E-state index in [1.54, 1.807) is 18.3 Å². The van der Waals surface area contributed by atoms with Crippen LogP contribution < -0.4 is 5.32 Å². The van der Waals surface area contributed by atoms with Crippen LogP contribution in [-0.2, 0) is 0 Å². The highest BCUT2D eigenvalue weighted by atomic mass is 35.5. The average Bonchev–Trinajstić information content (AvgIpc) is 2.16. The van der Waals surface area contributed by atoms with E-state index in [4.69, 9.17) is 11.6 Å². The molecule has 1 heterocycles. The second-order valence-corrected chi connectivity index (χ2v) is 5.26. The Morgan fingerprint density at radius 1 is 1.50 bits per heavy atom. The Kier molecular flexibility index (Phi) is 3.92. The number of nitrogens with one attached hydrogen (secondary N) is 1. The summed E-state index contributed by atoms with van der Waals surface area (Å²) < 4.78 is 0. The van der Waals surface area contributed by atoms with E-state index in [0.717, 1.165) is 0 Å². The lowest BCUT2D eigenvalue weighted by Crippen LogP contribution is -2.41. The molecule has 4 heteroatoms. The van der Waals surface area contributed by atoms with Crippen molar-refractivity contribution in [1.82, 2.24) is 10.3 Å². The van der Waals surface area contributed by atoms with E-state index < -0.39 is 0 Å². The molecule has 0 aromatic carbocycles. The summed E-state index contributed by atoms with van der Waals surface area (Å²) in [6, 6.07) is 3.43. The van der Waals surface area contributed by atoms with Gasteiger partial charge in [0.2, 0.25) is 0 Å². The lowest BCUT2D eigenvalue weighted by atomic mass is 9.88. The summed E-state index contributed by atoms with van der Waals surface area (Å²) in [6.07, 6.45) is 1.56. The molecule has 0 saturated heterocycles. The zero-order valence-electron chi connectivity index (χ0n) is 10.0. The molecule has 1 aromatic rings. The minimum absolute atomic E-state index is 0.0182. The van der Waals surface area contributed by atoms with Gasteiger partial charge >= 0.3 is 0 Å². The highest BCUT2D eigenvalue weighted by Crippen LogP contribution is 2.19. The first-order chi connectivity index (χ1) is 7.32. The third-order valence-corrected chi connectivity index (χ3v) is 2.95. The summed E-state index contributed by atoms with van der Waals surface area (Å²) in [5, 5.41) is 3.15. The quantitative estimate of drug-likeness (QED) is 0.808. The second kappa shape index (κ2) is 4.83. The first-order valence-electron chi connectivity index (χ1n) is 5.23. The molecule has 16 heavy (non-hydrogen) atoms. The van der Waals surface area contributed by atoms with E-state index in [9.17, 15) is 4.79 Å². The summed E-state index contributed by atoms with van der Waals surface area (Å²) in [6.45, 7) is 8.19. The summed E-state index contributed by atoms with van der Waals surface area (Å²) in [5.41, 5.74) is 0.435. The molecule has 0 spiro atoms. The predicted octanol–water partition coefficient (Wildman–Crippen LogP) is 2.90. The molecular weight excluding hydrogens is 224 g/mol. The van der Waals surface area contributed by atoms with Gasteiger partial charge < -0.3 is 5.32 Å². The van der Waals surface area contributed by atoms with Gasteiger partial charge in [-0.15, -0.1) is 0 Å². The molecule has 1 rings (SSSR count). The number of carbonyl (C=O) groups excluding carboxylic acids is 1. The molecule has 0 saturated carbocycles. The van der Waals surface area contributed by atoms with Gasteiger partial charge in [0.15, 0.2) is 0 Å². The predicted molar refractivity (Wildman–Crippen MR) is 65.6 cm³/mol. The lowest BCUT2D eigenvalue weighted by molar-refractivity contribution is 0.0910. The van der Waals surface area contributed by atoms with Crippen molar-refractivity contribution in [2.24, 2.45) is 5.41 Å². The van der Waals surface area contributed by atoms with Crippen LogP contribution in [0.2, 0.25) is 5.15 Å². The molecule has 1 unspecified atom stereocenters. The molecule has 0 aliphatic heterocycles. The fourth-order valence-electron chi connectivity index (χ4n) is 1.05. The molecule has 1 N–H and O–H groups in total. The molecule has 0 aliphatic rings. The van der Waals surface area contributed by atoms with Crippen molar-refractivity contribution < 1.29 is 4.79 Å². The topological polar surface area (TPSA) is 42.0 Å². The van der Waals surface area contributed by atoms with Gasteiger partial charge in [0.25, 0.3) is 5.91 Å². The van der Waals surface area contributed by atoms with E-state index in [1.807, 2.05) is 6.92 Å². The summed E-state index contributed by atoms with van der Waals surface area (Å²) in [4.78, 5) is 15.8. The van der Waals surface area contributed by atoms with Gasteiger partial charge in [-0.2, -0.15) is 0 Å². The van der Waals surface area contributed by atoms with Crippen LogP contribution in [0.1, 0.15) is 38.1 Å². The van der Waals surface area contributed by atoms with Crippen LogP contribution >= 0.6 is 11.6 Å². The number of hydrogen-bond donors (Lipinski definition) is 1. The first kappa shape index (κ1) is 13.0. The highest BCUT2D eigenvalue weighted by molar-refractivity contribution is 6.32. The van der Waals surface area contributed by atoms with Gasteiger partial charge in [0, 0.05) is 12.2 Å². The number of amides is 1. The molecule has 0 radical (unpaired) electrons. The van der Waals surface area contributed by atoms with Gasteiger partial charge in [-0.25, -0.2) is 4.98 Å². The molecule has 0 bridgehead atoms. The van der Waals surface area contributed by atoms with Crippen LogP contribution in [-0.4, -0.2) is 16.9 Å². The van der Waals surface area contributed by atoms with E-state index in [-0.39, 0.29) is 22.5 Å². The van der Waals surface area contributed by atoms with Crippen molar-refractivity contribution in [3.8, 4) is 0 Å². The fourth-order valence-corrected chi connectivity index (χ4v) is 1.25. The number of pyridine rings is 1. The Morgan fingerprint density at radius 3 is 2.62 bits per heavy atom. The molecule has 1 atom stereocenters. The van der Waals surface area contributed by atoms with E-state index in [1.165, 1.54) is 0 Å². The third kappa shape index (κ3) is 3.20. The highest BCUT2D eigenvalue weighted by Gasteiger charge is 2.22. The maximum Gasteiger partial charge on any atom is 0.254 e. The van der Waals surface area contributed by atoms with Crippen molar-refractivity contribution in [3.05, 3.63) is 29.0 Å². The van der Waals surface area contributed by atoms with Gasteiger partial charge in [0.05, 0.1) is 5.56 Å². The van der Waals surface area contributed by atoms with Gasteiger partial charge in [-0.3, -0.25) is 4.79 Å². The van der Waals surface area contributed by atoms with Gasteiger partial charge in [-0.1, -0.05) is 32.4 Å². The van der Waals surface area contributed by atoms with Crippen LogP contribution in [0.15, 0.2) is 18.3 Å². The Balaban J connectivity index is 2.78. The smallest absolute Gasteiger partial charge is 0.254 e. The molecule has 88 valence electrons. The van der Waals surface area contributed by atoms with Crippen molar-refractivity contribution in [2.75, 3.05) is 0 Å². The van der Waals surface area contributed by atoms with E-state index in [0.29, 0.717) is 5.56 Å². The number of carbonyl (C=O) groups is 1. The van der Waals surface area contributed by atoms with Crippen LogP contribution in [0.5, 0.6) is 0 Å². The standard InChI is InChI=1S/C12H17ClN2O/c1-8(12(2,3)4)15-11(16)9-6-5-7-14-10(9)13/h5-8H,1-4H3,(H,15,16). The SMILES string of the molecule is CC(NC(=O)c1cccnc1Cl)C(C)(C)C. The normalized spacial score (nSPS) is 13.3. The molecule has 1 amide bonds. The average molecular weight is 241 g/mol. The molecule has 3 nitrogen and oxygen atoms in total. The van der Waals surface area contributed by atoms with Crippen LogP contribution in [0.25, 0.3) is 0 Å². The number of halogens is 1. The number of hydrogen-bond acceptors (Lipinski definition) is 2. The lowest BCUT2D eigenvalue weighted by Gasteiger charge is -2.28. The van der Waals surface area contributed by atoms with Crippen molar-refractivity contribution in [3.63, 3.8) is 0 Å². The Labute approximate surface area is 101 Å². The van der Waals surface area contributed by atoms with Gasteiger partial charge in [-0.05, 0) is 24.5 Å². The summed E-state index contributed by atoms with van der Waals surface area (Å²) in [5.74, 6) is -0.180. The minimum Gasteiger partial charge on any atom is -0.349 e. The first-order valence-corrected chi connectivity index (χ1v) is 5.61. The maximum absolute atomic E-state index is 11.9. The van der Waals surface area contributed by atoms with E-state index in [2.05, 4.69) is 31.1 Å². The van der Waals surface area contributed by atoms with Crippen molar-refractivity contribution >= 4 is 17.5 Å². The largest absolute Gasteiger partial charge is 0.349 e. The minimum atomic E-state index is -0.180. The third-order valence-electron chi connectivity index (χ3n) is 2.65. The van der Waals surface area contributed by atoms with Crippen LogP contribution in [0.4, 0.5) is 0 Å². The molecular formula is C12H17ClN2O. The number of aromatic nitrogens is 1. The zero-order valence-corrected chi connectivity index (χ0v) is 10.8. The molecule has 1 aromatic heterocycles. The zero-order chi connectivity index (χ0) is 12.3. The maximum atomic E-state index is 11.9.